The molecule has 100 valence electrons. The van der Waals surface area contributed by atoms with Gasteiger partial charge in [-0.05, 0) is 24.6 Å². The zero-order chi connectivity index (χ0) is 14.0. The Labute approximate surface area is 110 Å². The molecule has 0 saturated carbocycles. The van der Waals surface area contributed by atoms with Gasteiger partial charge in [0.15, 0.2) is 11.5 Å². The summed E-state index contributed by atoms with van der Waals surface area (Å²) < 4.78 is 10.6. The Kier molecular flexibility index (Phi) is 3.41. The van der Waals surface area contributed by atoms with E-state index < -0.39 is 5.97 Å². The molecule has 6 heteroatoms. The van der Waals surface area contributed by atoms with Crippen LogP contribution >= 0.6 is 0 Å². The second-order valence-corrected chi connectivity index (χ2v) is 3.96. The van der Waals surface area contributed by atoms with Crippen molar-refractivity contribution in [3.8, 4) is 22.8 Å². The van der Waals surface area contributed by atoms with E-state index in [0.717, 1.165) is 5.56 Å². The minimum absolute atomic E-state index is 0.0271. The molecule has 0 aliphatic rings. The second-order valence-electron chi connectivity index (χ2n) is 3.96. The normalized spacial score (nSPS) is 10.3. The minimum atomic E-state index is -1.06. The number of ether oxygens (including phenoxy) is 2. The van der Waals surface area contributed by atoms with Crippen molar-refractivity contribution in [2.75, 3.05) is 14.2 Å². The molecule has 1 heterocycles. The smallest absolute Gasteiger partial charge is 0.353 e. The SMILES string of the molecule is COc1ccc(C)c(-c2cc(C(=O)O)[nH]n2)c1OC. The van der Waals surface area contributed by atoms with Crippen molar-refractivity contribution in [1.82, 2.24) is 10.2 Å². The third kappa shape index (κ3) is 2.24. The Morgan fingerprint density at radius 1 is 1.32 bits per heavy atom. The first-order valence-corrected chi connectivity index (χ1v) is 5.59. The predicted molar refractivity (Wildman–Crippen MR) is 68.8 cm³/mol. The molecule has 0 saturated heterocycles. The molecule has 19 heavy (non-hydrogen) atoms. The second kappa shape index (κ2) is 5.01. The van der Waals surface area contributed by atoms with Crippen LogP contribution in [-0.2, 0) is 0 Å². The van der Waals surface area contributed by atoms with Crippen LogP contribution in [-0.4, -0.2) is 35.5 Å². The van der Waals surface area contributed by atoms with E-state index in [-0.39, 0.29) is 5.69 Å². The number of carbonyl (C=O) groups is 1. The lowest BCUT2D eigenvalue weighted by molar-refractivity contribution is 0.0690. The zero-order valence-corrected chi connectivity index (χ0v) is 10.9. The van der Waals surface area contributed by atoms with E-state index in [0.29, 0.717) is 22.8 Å². The van der Waals surface area contributed by atoms with E-state index in [4.69, 9.17) is 14.6 Å². The molecule has 0 fully saturated rings. The maximum atomic E-state index is 10.9. The summed E-state index contributed by atoms with van der Waals surface area (Å²) in [6.45, 7) is 1.90. The van der Waals surface area contributed by atoms with Crippen LogP contribution < -0.4 is 9.47 Å². The maximum Gasteiger partial charge on any atom is 0.353 e. The fourth-order valence-corrected chi connectivity index (χ4v) is 1.90. The number of aromatic amines is 1. The van der Waals surface area contributed by atoms with Gasteiger partial charge in [-0.2, -0.15) is 5.10 Å². The molecule has 2 rings (SSSR count). The molecule has 2 N–H and O–H groups in total. The van der Waals surface area contributed by atoms with E-state index in [9.17, 15) is 4.79 Å². The van der Waals surface area contributed by atoms with Crippen molar-refractivity contribution in [2.24, 2.45) is 0 Å². The molecule has 0 spiro atoms. The van der Waals surface area contributed by atoms with Gasteiger partial charge in [0.05, 0.1) is 25.5 Å². The Balaban J connectivity index is 2.62. The third-order valence-corrected chi connectivity index (χ3v) is 2.82. The van der Waals surface area contributed by atoms with Gasteiger partial charge in [0, 0.05) is 0 Å². The van der Waals surface area contributed by atoms with Crippen LogP contribution in [0.4, 0.5) is 0 Å². The van der Waals surface area contributed by atoms with Crippen molar-refractivity contribution in [3.05, 3.63) is 29.5 Å². The van der Waals surface area contributed by atoms with E-state index in [1.807, 2.05) is 13.0 Å². The number of hydrogen-bond acceptors (Lipinski definition) is 4. The topological polar surface area (TPSA) is 84.4 Å². The number of rotatable bonds is 4. The summed E-state index contributed by atoms with van der Waals surface area (Å²) in [6, 6.07) is 5.13. The average molecular weight is 262 g/mol. The molecule has 1 aromatic carbocycles. The Bertz CT molecular complexity index is 619. The summed E-state index contributed by atoms with van der Waals surface area (Å²) >= 11 is 0. The number of H-pyrrole nitrogens is 1. The lowest BCUT2D eigenvalue weighted by Crippen LogP contribution is -1.96. The maximum absolute atomic E-state index is 10.9. The number of aromatic nitrogens is 2. The minimum Gasteiger partial charge on any atom is -0.493 e. The average Bonchev–Trinajstić information content (AvgIpc) is 2.87. The van der Waals surface area contributed by atoms with Gasteiger partial charge >= 0.3 is 5.97 Å². The first-order valence-electron chi connectivity index (χ1n) is 5.59. The van der Waals surface area contributed by atoms with Crippen LogP contribution in [0.1, 0.15) is 16.1 Å². The zero-order valence-electron chi connectivity index (χ0n) is 10.9. The van der Waals surface area contributed by atoms with Gasteiger partial charge in [-0.3, -0.25) is 5.10 Å². The number of nitrogens with one attached hydrogen (secondary N) is 1. The summed E-state index contributed by atoms with van der Waals surface area (Å²) in [6.07, 6.45) is 0. The number of carboxylic acids is 1. The highest BCUT2D eigenvalue weighted by Crippen LogP contribution is 2.39. The fraction of sp³-hybridized carbons (Fsp3) is 0.231. The van der Waals surface area contributed by atoms with Crippen molar-refractivity contribution in [2.45, 2.75) is 6.92 Å². The van der Waals surface area contributed by atoms with Crippen molar-refractivity contribution in [3.63, 3.8) is 0 Å². The summed E-state index contributed by atoms with van der Waals surface area (Å²) in [4.78, 5) is 10.9. The van der Waals surface area contributed by atoms with Gasteiger partial charge in [0.25, 0.3) is 0 Å². The first-order chi connectivity index (χ1) is 9.08. The van der Waals surface area contributed by atoms with Crippen molar-refractivity contribution in [1.29, 1.82) is 0 Å². The Morgan fingerprint density at radius 3 is 2.58 bits per heavy atom. The number of methoxy groups -OCH3 is 2. The lowest BCUT2D eigenvalue weighted by atomic mass is 10.0. The van der Waals surface area contributed by atoms with Gasteiger partial charge in [0.1, 0.15) is 5.69 Å². The quantitative estimate of drug-likeness (QED) is 0.881. The Hall–Kier alpha value is -2.50. The van der Waals surface area contributed by atoms with Crippen LogP contribution in [0.25, 0.3) is 11.3 Å². The van der Waals surface area contributed by atoms with Gasteiger partial charge in [0.2, 0.25) is 0 Å². The summed E-state index contributed by atoms with van der Waals surface area (Å²) in [5, 5.41) is 15.4. The van der Waals surface area contributed by atoms with Crippen LogP contribution in [0, 0.1) is 6.92 Å². The van der Waals surface area contributed by atoms with Crippen LogP contribution in [0.2, 0.25) is 0 Å². The number of nitrogens with zero attached hydrogens (tertiary/aromatic N) is 1. The first kappa shape index (κ1) is 12.9. The Morgan fingerprint density at radius 2 is 2.05 bits per heavy atom. The van der Waals surface area contributed by atoms with E-state index in [1.54, 1.807) is 13.2 Å². The number of aromatic carboxylic acids is 1. The van der Waals surface area contributed by atoms with Crippen LogP contribution in [0.5, 0.6) is 11.5 Å². The molecule has 0 bridgehead atoms. The largest absolute Gasteiger partial charge is 0.493 e. The third-order valence-electron chi connectivity index (χ3n) is 2.82. The molecule has 6 nitrogen and oxygen atoms in total. The summed E-state index contributed by atoms with van der Waals surface area (Å²) in [5.74, 6) is 0.0483. The molecule has 0 aliphatic carbocycles. The van der Waals surface area contributed by atoms with Crippen LogP contribution in [0.3, 0.4) is 0 Å². The standard InChI is InChI=1S/C13H14N2O4/c1-7-4-5-10(18-2)12(19-3)11(7)8-6-9(13(16)17)15-14-8/h4-6H,1-3H3,(H,14,15)(H,16,17). The van der Waals surface area contributed by atoms with E-state index >= 15 is 0 Å². The molecule has 0 radical (unpaired) electrons. The van der Waals surface area contributed by atoms with Gasteiger partial charge in [-0.25, -0.2) is 4.79 Å². The lowest BCUT2D eigenvalue weighted by Gasteiger charge is -2.13. The highest BCUT2D eigenvalue weighted by Gasteiger charge is 2.18. The van der Waals surface area contributed by atoms with Gasteiger partial charge < -0.3 is 14.6 Å². The van der Waals surface area contributed by atoms with Crippen molar-refractivity contribution < 1.29 is 19.4 Å². The van der Waals surface area contributed by atoms with Crippen LogP contribution in [0.15, 0.2) is 18.2 Å². The summed E-state index contributed by atoms with van der Waals surface area (Å²) in [5.41, 5.74) is 2.16. The number of carboxylic acid groups (broad SMARTS) is 1. The van der Waals surface area contributed by atoms with Gasteiger partial charge in [-0.15, -0.1) is 0 Å². The predicted octanol–water partition coefficient (Wildman–Crippen LogP) is 2.10. The molecule has 1 aromatic heterocycles. The fourth-order valence-electron chi connectivity index (χ4n) is 1.90. The number of benzene rings is 1. The molecule has 0 unspecified atom stereocenters. The highest BCUT2D eigenvalue weighted by atomic mass is 16.5. The van der Waals surface area contributed by atoms with Gasteiger partial charge in [-0.1, -0.05) is 6.07 Å². The monoisotopic (exact) mass is 262 g/mol. The van der Waals surface area contributed by atoms with Crippen molar-refractivity contribution >= 4 is 5.97 Å². The molecule has 0 aliphatic heterocycles. The molecule has 0 atom stereocenters. The molecular formula is C13H14N2O4. The number of hydrogen-bond donors (Lipinski definition) is 2. The van der Waals surface area contributed by atoms with E-state index in [1.165, 1.54) is 13.2 Å². The molecule has 2 aromatic rings. The molecular weight excluding hydrogens is 248 g/mol. The number of aryl methyl sites for hydroxylation is 1. The highest BCUT2D eigenvalue weighted by molar-refractivity contribution is 5.87. The molecule has 0 amide bonds. The van der Waals surface area contributed by atoms with E-state index in [2.05, 4.69) is 10.2 Å². The summed E-state index contributed by atoms with van der Waals surface area (Å²) in [7, 11) is 3.08.